The van der Waals surface area contributed by atoms with Crippen LogP contribution >= 0.6 is 0 Å². The highest BCUT2D eigenvalue weighted by Crippen LogP contribution is 2.16. The average Bonchev–Trinajstić information content (AvgIpc) is 3.26. The molecular weight excluding hydrogens is 755 g/mol. The molecule has 2 unspecified atom stereocenters. The molecule has 0 aliphatic rings. The minimum Gasteiger partial charge on any atom is -0.466 e. The van der Waals surface area contributed by atoms with Gasteiger partial charge in [0.25, 0.3) is 0 Å². The molecule has 0 heterocycles. The Labute approximate surface area is 380 Å². The van der Waals surface area contributed by atoms with Gasteiger partial charge in [0.05, 0.1) is 25.4 Å². The van der Waals surface area contributed by atoms with Gasteiger partial charge in [0.1, 0.15) is 0 Å². The summed E-state index contributed by atoms with van der Waals surface area (Å²) in [5.41, 5.74) is 0. The molecule has 0 aromatic rings. The lowest BCUT2D eigenvalue weighted by Crippen LogP contribution is -2.45. The number of ether oxygens (including phenoxy) is 1. The van der Waals surface area contributed by atoms with E-state index in [1.54, 1.807) is 0 Å². The molecule has 0 aromatic heterocycles. The van der Waals surface area contributed by atoms with Crippen LogP contribution in [0.15, 0.2) is 24.3 Å². The quantitative estimate of drug-likeness (QED) is 0.0322. The maximum atomic E-state index is 12.4. The molecule has 0 aliphatic heterocycles. The highest BCUT2D eigenvalue weighted by atomic mass is 16.5. The zero-order valence-electron chi connectivity index (χ0n) is 40.9. The summed E-state index contributed by atoms with van der Waals surface area (Å²) in [5, 5.41) is 23.2. The Hall–Kier alpha value is -1.66. The van der Waals surface area contributed by atoms with Crippen molar-refractivity contribution in [2.45, 2.75) is 302 Å². The van der Waals surface area contributed by atoms with Gasteiger partial charge in [-0.1, -0.05) is 231 Å². The second-order valence-corrected chi connectivity index (χ2v) is 18.6. The molecule has 3 N–H and O–H groups in total. The fourth-order valence-electron chi connectivity index (χ4n) is 8.28. The van der Waals surface area contributed by atoms with Crippen molar-refractivity contribution >= 4 is 11.9 Å². The van der Waals surface area contributed by atoms with Gasteiger partial charge < -0.3 is 20.3 Å². The van der Waals surface area contributed by atoms with E-state index in [1.807, 2.05) is 0 Å². The predicted molar refractivity (Wildman–Crippen MR) is 264 cm³/mol. The number of hydrogen-bond acceptors (Lipinski definition) is 5. The van der Waals surface area contributed by atoms with Crippen LogP contribution in [0.1, 0.15) is 290 Å². The van der Waals surface area contributed by atoms with E-state index < -0.39 is 12.1 Å². The van der Waals surface area contributed by atoms with Gasteiger partial charge in [-0.25, -0.2) is 0 Å². The first-order chi connectivity index (χ1) is 30.0. The minimum atomic E-state index is -0.696. The summed E-state index contributed by atoms with van der Waals surface area (Å²) in [6.07, 6.45) is 60.2. The molecule has 0 saturated heterocycles. The number of hydrogen-bond donors (Lipinski definition) is 3. The third-order valence-corrected chi connectivity index (χ3v) is 12.5. The van der Waals surface area contributed by atoms with Crippen LogP contribution in [0, 0.1) is 0 Å². The highest BCUT2D eigenvalue weighted by Gasteiger charge is 2.20. The summed E-state index contributed by atoms with van der Waals surface area (Å²) in [6, 6.07) is -0.580. The molecule has 6 heteroatoms. The molecule has 0 fully saturated rings. The van der Waals surface area contributed by atoms with Crippen molar-refractivity contribution in [3.05, 3.63) is 24.3 Å². The van der Waals surface area contributed by atoms with Crippen LogP contribution in [0.25, 0.3) is 0 Å². The number of unbranched alkanes of at least 4 members (excludes halogenated alkanes) is 35. The summed E-state index contributed by atoms with van der Waals surface area (Å²) >= 11 is 0. The van der Waals surface area contributed by atoms with Crippen LogP contribution in [0.5, 0.6) is 0 Å². The van der Waals surface area contributed by atoms with Gasteiger partial charge in [-0.2, -0.15) is 0 Å². The first-order valence-corrected chi connectivity index (χ1v) is 27.1. The van der Waals surface area contributed by atoms with Crippen LogP contribution in [0.3, 0.4) is 0 Å². The Morgan fingerprint density at radius 2 is 0.787 bits per heavy atom. The van der Waals surface area contributed by atoms with E-state index in [0.29, 0.717) is 25.9 Å². The lowest BCUT2D eigenvalue weighted by atomic mass is 10.0. The summed E-state index contributed by atoms with van der Waals surface area (Å²) < 4.78 is 5.44. The van der Waals surface area contributed by atoms with Gasteiger partial charge in [-0.05, 0) is 70.6 Å². The Bertz CT molecular complexity index is 951. The summed E-state index contributed by atoms with van der Waals surface area (Å²) in [7, 11) is 0. The number of amides is 1. The van der Waals surface area contributed by atoms with E-state index in [2.05, 4.69) is 43.5 Å². The Morgan fingerprint density at radius 3 is 1.20 bits per heavy atom. The molecular formula is C55H105NO5. The number of allylic oxidation sites excluding steroid dienone is 4. The van der Waals surface area contributed by atoms with Crippen LogP contribution in [0.4, 0.5) is 0 Å². The normalized spacial score (nSPS) is 12.8. The smallest absolute Gasteiger partial charge is 0.305 e. The number of carbonyl (C=O) groups is 2. The van der Waals surface area contributed by atoms with E-state index >= 15 is 0 Å². The van der Waals surface area contributed by atoms with E-state index in [-0.39, 0.29) is 18.5 Å². The molecule has 0 spiro atoms. The van der Waals surface area contributed by atoms with Crippen molar-refractivity contribution < 1.29 is 24.5 Å². The monoisotopic (exact) mass is 860 g/mol. The third-order valence-electron chi connectivity index (χ3n) is 12.5. The largest absolute Gasteiger partial charge is 0.466 e. The van der Waals surface area contributed by atoms with Gasteiger partial charge in [-0.15, -0.1) is 0 Å². The molecule has 360 valence electrons. The van der Waals surface area contributed by atoms with Crippen molar-refractivity contribution in [2.24, 2.45) is 0 Å². The molecule has 0 saturated carbocycles. The van der Waals surface area contributed by atoms with Crippen molar-refractivity contribution in [2.75, 3.05) is 13.2 Å². The van der Waals surface area contributed by atoms with Gasteiger partial charge in [-0.3, -0.25) is 9.59 Å². The topological polar surface area (TPSA) is 95.9 Å². The van der Waals surface area contributed by atoms with Gasteiger partial charge in [0.15, 0.2) is 0 Å². The van der Waals surface area contributed by atoms with E-state index in [9.17, 15) is 19.8 Å². The minimum absolute atomic E-state index is 0.0426. The van der Waals surface area contributed by atoms with Crippen molar-refractivity contribution in [3.63, 3.8) is 0 Å². The first kappa shape index (κ1) is 59.3. The number of carbonyl (C=O) groups excluding carboxylic acids is 2. The predicted octanol–water partition coefficient (Wildman–Crippen LogP) is 16.3. The molecule has 2 atom stereocenters. The van der Waals surface area contributed by atoms with Crippen molar-refractivity contribution in [1.82, 2.24) is 5.32 Å². The maximum absolute atomic E-state index is 12.4. The molecule has 6 nitrogen and oxygen atoms in total. The average molecular weight is 860 g/mol. The Balaban J connectivity index is 3.53. The SMILES string of the molecule is CCCCCCCCC/C=C\CCCCCCCC(=O)OCCCCCC/C=C\CCCC(=O)NC(CO)C(O)CCCCCCCCCCCCCCCCCCCCC. The van der Waals surface area contributed by atoms with Gasteiger partial charge in [0.2, 0.25) is 5.91 Å². The molecule has 1 amide bonds. The summed E-state index contributed by atoms with van der Waals surface area (Å²) in [6.45, 7) is 4.87. The van der Waals surface area contributed by atoms with Crippen LogP contribution in [-0.4, -0.2) is 47.4 Å². The summed E-state index contributed by atoms with van der Waals surface area (Å²) in [5.74, 6) is -0.137. The maximum Gasteiger partial charge on any atom is 0.305 e. The van der Waals surface area contributed by atoms with Crippen LogP contribution in [-0.2, 0) is 14.3 Å². The second kappa shape index (κ2) is 51.0. The zero-order valence-corrected chi connectivity index (χ0v) is 40.9. The molecule has 0 bridgehead atoms. The van der Waals surface area contributed by atoms with E-state index in [1.165, 1.54) is 186 Å². The van der Waals surface area contributed by atoms with Gasteiger partial charge in [0, 0.05) is 12.8 Å². The number of esters is 1. The Morgan fingerprint density at radius 1 is 0.443 bits per heavy atom. The standard InChI is InChI=1S/C55H105NO5/c1-3-5-7-9-11-13-15-17-19-21-22-23-24-26-28-31-35-39-43-47-53(58)52(51-57)56-54(59)48-44-40-36-32-30-34-38-42-46-50-61-55(60)49-45-41-37-33-29-27-25-20-18-16-14-12-10-8-6-4-2/h20,25,32,36,52-53,57-58H,3-19,21-24,26-31,33-35,37-51H2,1-2H3,(H,56,59)/b25-20-,36-32-. The molecule has 0 radical (unpaired) electrons. The number of aliphatic hydroxyl groups is 2. The van der Waals surface area contributed by atoms with Crippen LogP contribution in [0.2, 0.25) is 0 Å². The molecule has 61 heavy (non-hydrogen) atoms. The zero-order chi connectivity index (χ0) is 44.4. The summed E-state index contributed by atoms with van der Waals surface area (Å²) in [4.78, 5) is 24.5. The van der Waals surface area contributed by atoms with Crippen molar-refractivity contribution in [1.29, 1.82) is 0 Å². The second-order valence-electron chi connectivity index (χ2n) is 18.6. The fraction of sp³-hybridized carbons (Fsp3) is 0.891. The van der Waals surface area contributed by atoms with Gasteiger partial charge >= 0.3 is 5.97 Å². The highest BCUT2D eigenvalue weighted by molar-refractivity contribution is 5.76. The molecule has 0 aliphatic carbocycles. The van der Waals surface area contributed by atoms with Crippen LogP contribution < -0.4 is 5.32 Å². The number of nitrogens with one attached hydrogen (secondary N) is 1. The lowest BCUT2D eigenvalue weighted by molar-refractivity contribution is -0.143. The third kappa shape index (κ3) is 47.7. The Kier molecular flexibility index (Phi) is 49.6. The lowest BCUT2D eigenvalue weighted by Gasteiger charge is -2.22. The number of rotatable bonds is 50. The first-order valence-electron chi connectivity index (χ1n) is 27.1. The number of aliphatic hydroxyl groups excluding tert-OH is 2. The fourth-order valence-corrected chi connectivity index (χ4v) is 8.28. The van der Waals surface area contributed by atoms with E-state index in [4.69, 9.17) is 4.74 Å². The molecule has 0 aromatic carbocycles. The van der Waals surface area contributed by atoms with Crippen molar-refractivity contribution in [3.8, 4) is 0 Å². The van der Waals surface area contributed by atoms with E-state index in [0.717, 1.165) is 70.6 Å². The molecule has 0 rings (SSSR count).